The van der Waals surface area contributed by atoms with Crippen LogP contribution in [0.25, 0.3) is 0 Å². The number of nitrogens with two attached hydrogens (primary N) is 1. The Balaban J connectivity index is 1.70. The number of carbonyl (C=O) groups excluding carboxylic acids is 2. The first-order valence-corrected chi connectivity index (χ1v) is 13.5. The number of benzene rings is 1. The van der Waals surface area contributed by atoms with Crippen LogP contribution < -0.4 is 21.1 Å². The number of amides is 2. The number of halogens is 1. The van der Waals surface area contributed by atoms with E-state index < -0.39 is 5.91 Å². The van der Waals surface area contributed by atoms with Gasteiger partial charge in [0.2, 0.25) is 11.8 Å². The van der Waals surface area contributed by atoms with Crippen molar-refractivity contribution in [2.45, 2.75) is 64.8 Å². The maximum Gasteiger partial charge on any atom is 0.220 e. The number of unbranched alkanes of at least 4 members (excludes halogenated alkanes) is 1. The van der Waals surface area contributed by atoms with Crippen LogP contribution in [0, 0.1) is 11.7 Å². The molecule has 210 valence electrons. The van der Waals surface area contributed by atoms with E-state index in [1.807, 2.05) is 18.5 Å². The molecule has 0 aliphatic rings. The fourth-order valence-corrected chi connectivity index (χ4v) is 4.08. The number of primary amides is 1. The van der Waals surface area contributed by atoms with Gasteiger partial charge in [0.25, 0.3) is 0 Å². The second kappa shape index (κ2) is 18.3. The number of methoxy groups -OCH3 is 1. The van der Waals surface area contributed by atoms with Crippen molar-refractivity contribution in [2.75, 3.05) is 33.4 Å². The predicted octanol–water partition coefficient (Wildman–Crippen LogP) is 3.70. The quantitative estimate of drug-likeness (QED) is 0.225. The molecular formula is C29H43FN4O4. The smallest absolute Gasteiger partial charge is 0.220 e. The number of pyridine rings is 1. The predicted molar refractivity (Wildman–Crippen MR) is 146 cm³/mol. The number of hydrogen-bond acceptors (Lipinski definition) is 6. The highest BCUT2D eigenvalue weighted by molar-refractivity contribution is 5.77. The van der Waals surface area contributed by atoms with Gasteiger partial charge in [-0.1, -0.05) is 13.0 Å². The third kappa shape index (κ3) is 13.5. The Morgan fingerprint density at radius 1 is 1.00 bits per heavy atom. The summed E-state index contributed by atoms with van der Waals surface area (Å²) < 4.78 is 25.4. The second-order valence-electron chi connectivity index (χ2n) is 9.57. The summed E-state index contributed by atoms with van der Waals surface area (Å²) in [5, 5.41) is 6.29. The number of rotatable bonds is 20. The van der Waals surface area contributed by atoms with Gasteiger partial charge < -0.3 is 25.8 Å². The monoisotopic (exact) mass is 530 g/mol. The average molecular weight is 531 g/mol. The number of aryl methyl sites for hydroxylation is 2. The minimum absolute atomic E-state index is 0.0388. The van der Waals surface area contributed by atoms with Crippen LogP contribution in [0.1, 0.15) is 62.1 Å². The summed E-state index contributed by atoms with van der Waals surface area (Å²) in [5.41, 5.74) is 8.43. The lowest BCUT2D eigenvalue weighted by atomic mass is 10.1. The molecule has 1 aromatic carbocycles. The largest absolute Gasteiger partial charge is 0.493 e. The molecule has 1 aromatic heterocycles. The van der Waals surface area contributed by atoms with Gasteiger partial charge in [0.05, 0.1) is 13.2 Å². The molecule has 38 heavy (non-hydrogen) atoms. The van der Waals surface area contributed by atoms with Crippen molar-refractivity contribution < 1.29 is 23.5 Å². The Hall–Kier alpha value is -3.04. The van der Waals surface area contributed by atoms with Crippen molar-refractivity contribution >= 4 is 11.8 Å². The summed E-state index contributed by atoms with van der Waals surface area (Å²) in [5.74, 6) is -0.300. The van der Waals surface area contributed by atoms with Gasteiger partial charge >= 0.3 is 0 Å². The van der Waals surface area contributed by atoms with E-state index in [-0.39, 0.29) is 30.5 Å². The maximum absolute atomic E-state index is 14.2. The third-order valence-corrected chi connectivity index (χ3v) is 6.18. The lowest BCUT2D eigenvalue weighted by Gasteiger charge is -2.18. The first-order chi connectivity index (χ1) is 18.4. The Kier molecular flexibility index (Phi) is 15.0. The normalized spacial score (nSPS) is 11.8. The Bertz CT molecular complexity index is 989. The first kappa shape index (κ1) is 31.2. The summed E-state index contributed by atoms with van der Waals surface area (Å²) in [6.07, 6.45) is 9.02. The van der Waals surface area contributed by atoms with Crippen molar-refractivity contribution in [1.29, 1.82) is 0 Å². The zero-order chi connectivity index (χ0) is 27.6. The van der Waals surface area contributed by atoms with Crippen molar-refractivity contribution in [3.8, 4) is 5.75 Å². The van der Waals surface area contributed by atoms with Gasteiger partial charge in [-0.15, -0.1) is 0 Å². The Labute approximate surface area is 225 Å². The summed E-state index contributed by atoms with van der Waals surface area (Å²) in [4.78, 5) is 26.9. The molecule has 0 spiro atoms. The highest BCUT2D eigenvalue weighted by Gasteiger charge is 2.12. The number of ether oxygens (including phenoxy) is 2. The van der Waals surface area contributed by atoms with Crippen LogP contribution in [-0.4, -0.2) is 50.2 Å². The van der Waals surface area contributed by atoms with Gasteiger partial charge in [-0.25, -0.2) is 4.39 Å². The second-order valence-corrected chi connectivity index (χ2v) is 9.57. The standard InChI is InChI=1S/C29H43FN4O4/c1-3-22-13-25(19-33-17-22)18-32-11-5-4-7-23-14-26(30)16-27(15-23)38-21-24(20-37-2)10-12-34-29(36)9-6-8-28(31)35/h13-17,19,24,32H,3-12,18,20-21H2,1-2H3,(H2,31,35)(H,34,36). The molecular weight excluding hydrogens is 487 g/mol. The summed E-state index contributed by atoms with van der Waals surface area (Å²) in [7, 11) is 1.61. The minimum Gasteiger partial charge on any atom is -0.493 e. The van der Waals surface area contributed by atoms with Crippen molar-refractivity contribution in [3.63, 3.8) is 0 Å². The zero-order valence-corrected chi connectivity index (χ0v) is 22.8. The fourth-order valence-electron chi connectivity index (χ4n) is 4.08. The van der Waals surface area contributed by atoms with E-state index in [1.165, 1.54) is 17.2 Å². The molecule has 8 nitrogen and oxygen atoms in total. The molecule has 4 N–H and O–H groups in total. The highest BCUT2D eigenvalue weighted by atomic mass is 19.1. The molecule has 2 rings (SSSR count). The molecule has 0 aliphatic heterocycles. The van der Waals surface area contributed by atoms with Crippen molar-refractivity contribution in [2.24, 2.45) is 11.7 Å². The van der Waals surface area contributed by atoms with Crippen LogP contribution in [0.5, 0.6) is 5.75 Å². The van der Waals surface area contributed by atoms with Crippen LogP contribution in [0.3, 0.4) is 0 Å². The van der Waals surface area contributed by atoms with Crippen molar-refractivity contribution in [1.82, 2.24) is 15.6 Å². The van der Waals surface area contributed by atoms with E-state index in [0.717, 1.165) is 44.3 Å². The number of aromatic nitrogens is 1. The fraction of sp³-hybridized carbons (Fsp3) is 0.552. The number of nitrogens with one attached hydrogen (secondary N) is 2. The van der Waals surface area contributed by atoms with Crippen LogP contribution in [0.4, 0.5) is 4.39 Å². The molecule has 0 aliphatic carbocycles. The van der Waals surface area contributed by atoms with Gasteiger partial charge in [0.15, 0.2) is 0 Å². The molecule has 1 unspecified atom stereocenters. The number of carbonyl (C=O) groups is 2. The van der Waals surface area contributed by atoms with Crippen LogP contribution >= 0.6 is 0 Å². The first-order valence-electron chi connectivity index (χ1n) is 13.5. The number of nitrogens with zero attached hydrogens (tertiary/aromatic N) is 1. The molecule has 0 radical (unpaired) electrons. The average Bonchev–Trinajstić information content (AvgIpc) is 2.89. The molecule has 0 saturated carbocycles. The molecule has 2 amide bonds. The van der Waals surface area contributed by atoms with E-state index in [0.29, 0.717) is 38.3 Å². The Morgan fingerprint density at radius 3 is 2.58 bits per heavy atom. The van der Waals surface area contributed by atoms with E-state index in [9.17, 15) is 14.0 Å². The van der Waals surface area contributed by atoms with E-state index in [1.54, 1.807) is 13.2 Å². The number of hydrogen-bond donors (Lipinski definition) is 3. The van der Waals surface area contributed by atoms with Gasteiger partial charge in [0.1, 0.15) is 11.6 Å². The van der Waals surface area contributed by atoms with Crippen LogP contribution in [0.2, 0.25) is 0 Å². The molecule has 0 bridgehead atoms. The van der Waals surface area contributed by atoms with Gasteiger partial charge in [-0.3, -0.25) is 14.6 Å². The third-order valence-electron chi connectivity index (χ3n) is 6.18. The lowest BCUT2D eigenvalue weighted by Crippen LogP contribution is -2.28. The van der Waals surface area contributed by atoms with Gasteiger partial charge in [-0.05, 0) is 73.9 Å². The van der Waals surface area contributed by atoms with Gasteiger partial charge in [0, 0.05) is 57.4 Å². The van der Waals surface area contributed by atoms with Crippen molar-refractivity contribution in [3.05, 3.63) is 59.2 Å². The molecule has 2 aromatic rings. The highest BCUT2D eigenvalue weighted by Crippen LogP contribution is 2.19. The van der Waals surface area contributed by atoms with Crippen LogP contribution in [-0.2, 0) is 33.7 Å². The molecule has 9 heteroatoms. The van der Waals surface area contributed by atoms with E-state index in [2.05, 4.69) is 28.6 Å². The summed E-state index contributed by atoms with van der Waals surface area (Å²) in [6, 6.07) is 7.02. The van der Waals surface area contributed by atoms with E-state index in [4.69, 9.17) is 15.2 Å². The molecule has 0 fully saturated rings. The topological polar surface area (TPSA) is 116 Å². The molecule has 1 heterocycles. The maximum atomic E-state index is 14.2. The van der Waals surface area contributed by atoms with E-state index >= 15 is 0 Å². The van der Waals surface area contributed by atoms with Crippen LogP contribution in [0.15, 0.2) is 36.7 Å². The summed E-state index contributed by atoms with van der Waals surface area (Å²) >= 11 is 0. The minimum atomic E-state index is -0.408. The summed E-state index contributed by atoms with van der Waals surface area (Å²) in [6.45, 7) is 5.08. The molecule has 0 saturated heterocycles. The Morgan fingerprint density at radius 2 is 1.82 bits per heavy atom. The molecule has 1 atom stereocenters. The lowest BCUT2D eigenvalue weighted by molar-refractivity contribution is -0.121. The SMILES string of the molecule is CCc1cncc(CNCCCCc2cc(F)cc(OCC(CCNC(=O)CCCC(N)=O)COC)c2)c1. The zero-order valence-electron chi connectivity index (χ0n) is 22.8. The van der Waals surface area contributed by atoms with Gasteiger partial charge in [-0.2, -0.15) is 0 Å².